The van der Waals surface area contributed by atoms with Crippen molar-refractivity contribution >= 4 is 23.1 Å². The number of nitrogens with one attached hydrogen (secondary N) is 1. The summed E-state index contributed by atoms with van der Waals surface area (Å²) in [5, 5.41) is 17.6. The van der Waals surface area contributed by atoms with Crippen molar-refractivity contribution < 1.29 is 14.3 Å². The van der Waals surface area contributed by atoms with Gasteiger partial charge in [-0.3, -0.25) is 4.79 Å². The zero-order chi connectivity index (χ0) is 22.5. The lowest BCUT2D eigenvalue weighted by atomic mass is 9.97. The molecular formula is C25H22FN5O2. The molecule has 0 radical (unpaired) electrons. The van der Waals surface area contributed by atoms with Crippen molar-refractivity contribution in [3.63, 3.8) is 0 Å². The van der Waals surface area contributed by atoms with Gasteiger partial charge in [0.2, 0.25) is 11.9 Å². The van der Waals surface area contributed by atoms with E-state index in [0.717, 1.165) is 39.2 Å². The number of rotatable bonds is 3. The predicted octanol–water partition coefficient (Wildman–Crippen LogP) is 3.47. The Bertz CT molecular complexity index is 1370. The molecule has 2 aliphatic rings. The molecule has 8 heteroatoms. The van der Waals surface area contributed by atoms with E-state index in [1.165, 1.54) is 0 Å². The largest absolute Gasteiger partial charge is 0.390 e. The van der Waals surface area contributed by atoms with Crippen molar-refractivity contribution in [1.82, 2.24) is 14.6 Å². The summed E-state index contributed by atoms with van der Waals surface area (Å²) in [5.41, 5.74) is 6.26. The van der Waals surface area contributed by atoms with Crippen molar-refractivity contribution in [2.24, 2.45) is 0 Å². The fourth-order valence-electron chi connectivity index (χ4n) is 4.72. The Kier molecular flexibility index (Phi) is 4.62. The Hall–Kier alpha value is -3.78. The first-order valence-corrected chi connectivity index (χ1v) is 11.0. The summed E-state index contributed by atoms with van der Waals surface area (Å²) >= 11 is 0. The molecule has 4 heterocycles. The van der Waals surface area contributed by atoms with E-state index in [9.17, 15) is 14.3 Å². The minimum Gasteiger partial charge on any atom is -0.390 e. The Labute approximate surface area is 189 Å². The van der Waals surface area contributed by atoms with Gasteiger partial charge >= 0.3 is 0 Å². The smallest absolute Gasteiger partial charge is 0.228 e. The topological polar surface area (TPSA) is 82.8 Å². The second kappa shape index (κ2) is 7.67. The SMILES string of the molecule is O=C1Cc2cc(-c3c(-c4ccccc4)nn4c(N5CC[C@H](O)[C@H](F)C5)nccc34)ccc2N1. The average molecular weight is 443 g/mol. The van der Waals surface area contributed by atoms with Crippen LogP contribution < -0.4 is 10.2 Å². The molecule has 2 N–H and O–H groups in total. The van der Waals surface area contributed by atoms with Crippen molar-refractivity contribution in [2.45, 2.75) is 25.1 Å². The first kappa shape index (κ1) is 19.9. The Morgan fingerprint density at radius 2 is 1.94 bits per heavy atom. The number of nitrogens with zero attached hydrogens (tertiary/aromatic N) is 4. The van der Waals surface area contributed by atoms with Gasteiger partial charge in [-0.05, 0) is 35.7 Å². The van der Waals surface area contributed by atoms with Gasteiger partial charge in [0.1, 0.15) is 11.9 Å². The number of benzene rings is 2. The van der Waals surface area contributed by atoms with Gasteiger partial charge in [0.15, 0.2) is 0 Å². The van der Waals surface area contributed by atoms with Crippen LogP contribution in [0.3, 0.4) is 0 Å². The summed E-state index contributed by atoms with van der Waals surface area (Å²) in [6.07, 6.45) is 0.119. The van der Waals surface area contributed by atoms with Crippen molar-refractivity contribution in [3.8, 4) is 22.4 Å². The molecular weight excluding hydrogens is 421 g/mol. The van der Waals surface area contributed by atoms with Crippen LogP contribution in [0.4, 0.5) is 16.0 Å². The van der Waals surface area contributed by atoms with E-state index >= 15 is 0 Å². The van der Waals surface area contributed by atoms with Gasteiger partial charge in [-0.2, -0.15) is 9.61 Å². The molecule has 1 amide bonds. The normalized spacial score (nSPS) is 20.2. The van der Waals surface area contributed by atoms with Crippen LogP contribution >= 0.6 is 0 Å². The quantitative estimate of drug-likeness (QED) is 0.507. The third-order valence-corrected chi connectivity index (χ3v) is 6.39. The third kappa shape index (κ3) is 3.34. The zero-order valence-electron chi connectivity index (χ0n) is 17.8. The van der Waals surface area contributed by atoms with Gasteiger partial charge in [0, 0.05) is 29.6 Å². The van der Waals surface area contributed by atoms with E-state index in [2.05, 4.69) is 10.3 Å². The molecule has 0 aliphatic carbocycles. The Morgan fingerprint density at radius 1 is 1.09 bits per heavy atom. The van der Waals surface area contributed by atoms with Crippen LogP contribution in [0.5, 0.6) is 0 Å². The summed E-state index contributed by atoms with van der Waals surface area (Å²) in [5.74, 6) is 0.535. The molecule has 2 atom stereocenters. The van der Waals surface area contributed by atoms with Crippen LogP contribution in [0, 0.1) is 0 Å². The van der Waals surface area contributed by atoms with Crippen molar-refractivity contribution in [3.05, 3.63) is 66.4 Å². The fraction of sp³-hybridized carbons (Fsp3) is 0.240. The summed E-state index contributed by atoms with van der Waals surface area (Å²) < 4.78 is 16.1. The number of carbonyl (C=O) groups is 1. The molecule has 33 heavy (non-hydrogen) atoms. The third-order valence-electron chi connectivity index (χ3n) is 6.39. The average Bonchev–Trinajstić information content (AvgIpc) is 3.40. The highest BCUT2D eigenvalue weighted by Gasteiger charge is 2.30. The number of fused-ring (bicyclic) bond motifs is 2. The monoisotopic (exact) mass is 443 g/mol. The second-order valence-corrected chi connectivity index (χ2v) is 8.55. The molecule has 166 valence electrons. The molecule has 4 aromatic rings. The maximum Gasteiger partial charge on any atom is 0.228 e. The molecule has 0 spiro atoms. The number of carbonyl (C=O) groups excluding carboxylic acids is 1. The fourth-order valence-corrected chi connectivity index (χ4v) is 4.72. The van der Waals surface area contributed by atoms with Gasteiger partial charge in [0.05, 0.1) is 24.6 Å². The number of amides is 1. The Morgan fingerprint density at radius 3 is 2.76 bits per heavy atom. The molecule has 7 nitrogen and oxygen atoms in total. The van der Waals surface area contributed by atoms with Gasteiger partial charge in [0.25, 0.3) is 0 Å². The number of halogens is 1. The lowest BCUT2D eigenvalue weighted by molar-refractivity contribution is -0.115. The lowest BCUT2D eigenvalue weighted by Crippen LogP contribution is -2.45. The van der Waals surface area contributed by atoms with E-state index < -0.39 is 12.3 Å². The van der Waals surface area contributed by atoms with E-state index in [4.69, 9.17) is 5.10 Å². The lowest BCUT2D eigenvalue weighted by Gasteiger charge is -2.32. The standard InChI is InChI=1S/C25H22FN5O2/c26-18-14-30(11-9-21(18)32)25-27-10-8-20-23(16-6-7-19-17(12-16)13-22(33)28-19)24(29-31(20)25)15-4-2-1-3-5-15/h1-8,10,12,18,21,32H,9,11,13-14H2,(H,28,33)/t18-,21+/m1/s1. The van der Waals surface area contributed by atoms with Crippen LogP contribution in [-0.2, 0) is 11.2 Å². The van der Waals surface area contributed by atoms with Crippen LogP contribution in [0.1, 0.15) is 12.0 Å². The molecule has 2 aliphatic heterocycles. The van der Waals surface area contributed by atoms with E-state index in [0.29, 0.717) is 25.3 Å². The number of alkyl halides is 1. The first-order valence-electron chi connectivity index (χ1n) is 11.0. The number of hydrogen-bond acceptors (Lipinski definition) is 5. The van der Waals surface area contributed by atoms with Crippen LogP contribution in [0.15, 0.2) is 60.8 Å². The van der Waals surface area contributed by atoms with E-state index in [1.807, 2.05) is 59.5 Å². The minimum atomic E-state index is -1.33. The van der Waals surface area contributed by atoms with Crippen LogP contribution in [0.2, 0.25) is 0 Å². The zero-order valence-corrected chi connectivity index (χ0v) is 17.8. The van der Waals surface area contributed by atoms with Gasteiger partial charge in [-0.1, -0.05) is 36.4 Å². The predicted molar refractivity (Wildman–Crippen MR) is 124 cm³/mol. The van der Waals surface area contributed by atoms with Crippen molar-refractivity contribution in [1.29, 1.82) is 0 Å². The molecule has 2 aromatic carbocycles. The van der Waals surface area contributed by atoms with Crippen LogP contribution in [0.25, 0.3) is 27.9 Å². The number of hydrogen-bond donors (Lipinski definition) is 2. The van der Waals surface area contributed by atoms with Crippen molar-refractivity contribution in [2.75, 3.05) is 23.3 Å². The first-order chi connectivity index (χ1) is 16.1. The van der Waals surface area contributed by atoms with Crippen LogP contribution in [-0.4, -0.2) is 51.0 Å². The maximum absolute atomic E-state index is 14.3. The number of anilines is 2. The molecule has 2 aromatic heterocycles. The highest BCUT2D eigenvalue weighted by molar-refractivity contribution is 6.01. The van der Waals surface area contributed by atoms with Gasteiger partial charge in [-0.25, -0.2) is 9.37 Å². The summed E-state index contributed by atoms with van der Waals surface area (Å²) in [4.78, 5) is 18.2. The van der Waals surface area contributed by atoms with E-state index in [-0.39, 0.29) is 12.5 Å². The molecule has 0 unspecified atom stereocenters. The summed E-state index contributed by atoms with van der Waals surface area (Å²) in [6, 6.07) is 17.8. The van der Waals surface area contributed by atoms with E-state index in [1.54, 1.807) is 10.7 Å². The Balaban J connectivity index is 1.55. The minimum absolute atomic E-state index is 0.00940. The highest BCUT2D eigenvalue weighted by atomic mass is 19.1. The van der Waals surface area contributed by atoms with Gasteiger partial charge < -0.3 is 15.3 Å². The second-order valence-electron chi connectivity index (χ2n) is 8.55. The molecule has 0 bridgehead atoms. The number of aliphatic hydroxyl groups is 1. The molecule has 6 rings (SSSR count). The summed E-state index contributed by atoms with van der Waals surface area (Å²) in [6.45, 7) is 0.561. The number of aromatic nitrogens is 3. The highest BCUT2D eigenvalue weighted by Crippen LogP contribution is 2.38. The molecule has 1 saturated heterocycles. The maximum atomic E-state index is 14.3. The molecule has 1 fully saturated rings. The van der Waals surface area contributed by atoms with Gasteiger partial charge in [-0.15, -0.1) is 0 Å². The number of piperidine rings is 1. The summed E-state index contributed by atoms with van der Waals surface area (Å²) in [7, 11) is 0. The number of aliphatic hydroxyl groups excluding tert-OH is 1. The molecule has 0 saturated carbocycles.